The normalized spacial score (nSPS) is 31.0. The smallest absolute Gasteiger partial charge is 0.00390 e. The first-order chi connectivity index (χ1) is 5.77. The molecule has 0 heterocycles. The SMILES string of the molecule is CCC(CC)[C@H]1CC[C@H](N)CC1. The van der Waals surface area contributed by atoms with E-state index in [0.717, 1.165) is 11.8 Å². The first-order valence-corrected chi connectivity index (χ1v) is 5.53. The fraction of sp³-hybridized carbons (Fsp3) is 1.00. The van der Waals surface area contributed by atoms with Crippen molar-refractivity contribution in [2.45, 2.75) is 58.4 Å². The first kappa shape index (κ1) is 10.0. The van der Waals surface area contributed by atoms with Crippen molar-refractivity contribution in [3.63, 3.8) is 0 Å². The molecule has 1 aliphatic carbocycles. The average molecular weight is 169 g/mol. The third-order valence-corrected chi connectivity index (χ3v) is 3.53. The molecule has 0 radical (unpaired) electrons. The largest absolute Gasteiger partial charge is 0.328 e. The van der Waals surface area contributed by atoms with Crippen LogP contribution in [-0.2, 0) is 0 Å². The zero-order chi connectivity index (χ0) is 8.97. The van der Waals surface area contributed by atoms with E-state index in [4.69, 9.17) is 5.73 Å². The third-order valence-electron chi connectivity index (χ3n) is 3.53. The van der Waals surface area contributed by atoms with Crippen LogP contribution in [0.2, 0.25) is 0 Å². The van der Waals surface area contributed by atoms with Crippen molar-refractivity contribution in [3.8, 4) is 0 Å². The summed E-state index contributed by atoms with van der Waals surface area (Å²) in [7, 11) is 0. The van der Waals surface area contributed by atoms with Crippen LogP contribution in [0.5, 0.6) is 0 Å². The number of hydrogen-bond acceptors (Lipinski definition) is 1. The van der Waals surface area contributed by atoms with Gasteiger partial charge in [-0.1, -0.05) is 26.7 Å². The van der Waals surface area contributed by atoms with Gasteiger partial charge in [-0.25, -0.2) is 0 Å². The molecule has 1 saturated carbocycles. The maximum Gasteiger partial charge on any atom is 0.00390 e. The van der Waals surface area contributed by atoms with Gasteiger partial charge in [-0.2, -0.15) is 0 Å². The van der Waals surface area contributed by atoms with E-state index in [1.807, 2.05) is 0 Å². The lowest BCUT2D eigenvalue weighted by Gasteiger charge is -2.31. The summed E-state index contributed by atoms with van der Waals surface area (Å²) in [5.74, 6) is 1.96. The van der Waals surface area contributed by atoms with Crippen molar-refractivity contribution in [1.82, 2.24) is 0 Å². The molecule has 12 heavy (non-hydrogen) atoms. The maximum absolute atomic E-state index is 5.88. The number of rotatable bonds is 3. The minimum Gasteiger partial charge on any atom is -0.328 e. The van der Waals surface area contributed by atoms with Crippen LogP contribution in [0, 0.1) is 11.8 Å². The molecule has 1 heteroatoms. The summed E-state index contributed by atoms with van der Waals surface area (Å²) >= 11 is 0. The second-order valence-electron chi connectivity index (χ2n) is 4.25. The highest BCUT2D eigenvalue weighted by molar-refractivity contribution is 4.78. The summed E-state index contributed by atoms with van der Waals surface area (Å²) < 4.78 is 0. The van der Waals surface area contributed by atoms with Crippen LogP contribution < -0.4 is 5.73 Å². The fourth-order valence-electron chi connectivity index (χ4n) is 2.57. The minimum absolute atomic E-state index is 0.510. The Morgan fingerprint density at radius 1 is 1.08 bits per heavy atom. The standard InChI is InChI=1S/C11H23N/c1-3-9(4-2)10-5-7-11(12)8-6-10/h9-11H,3-8,12H2,1-2H3/t10-,11-. The molecular weight excluding hydrogens is 146 g/mol. The fourth-order valence-corrected chi connectivity index (χ4v) is 2.57. The zero-order valence-electron chi connectivity index (χ0n) is 8.55. The second-order valence-corrected chi connectivity index (χ2v) is 4.25. The maximum atomic E-state index is 5.88. The molecule has 0 atom stereocenters. The van der Waals surface area contributed by atoms with E-state index in [-0.39, 0.29) is 0 Å². The summed E-state index contributed by atoms with van der Waals surface area (Å²) in [5.41, 5.74) is 5.88. The van der Waals surface area contributed by atoms with Gasteiger partial charge in [0.15, 0.2) is 0 Å². The summed E-state index contributed by atoms with van der Waals surface area (Å²) in [6.07, 6.45) is 8.01. The van der Waals surface area contributed by atoms with Crippen molar-refractivity contribution >= 4 is 0 Å². The number of hydrogen-bond donors (Lipinski definition) is 1. The average Bonchev–Trinajstić information content (AvgIpc) is 2.10. The van der Waals surface area contributed by atoms with Gasteiger partial charge in [0.1, 0.15) is 0 Å². The Morgan fingerprint density at radius 2 is 1.58 bits per heavy atom. The van der Waals surface area contributed by atoms with E-state index >= 15 is 0 Å². The highest BCUT2D eigenvalue weighted by atomic mass is 14.6. The molecule has 0 spiro atoms. The molecule has 2 N–H and O–H groups in total. The lowest BCUT2D eigenvalue weighted by molar-refractivity contribution is 0.222. The Kier molecular flexibility index (Phi) is 4.07. The van der Waals surface area contributed by atoms with E-state index in [9.17, 15) is 0 Å². The van der Waals surface area contributed by atoms with Gasteiger partial charge >= 0.3 is 0 Å². The van der Waals surface area contributed by atoms with Crippen molar-refractivity contribution in [2.75, 3.05) is 0 Å². The lowest BCUT2D eigenvalue weighted by atomic mass is 9.76. The number of nitrogens with two attached hydrogens (primary N) is 1. The molecule has 0 aromatic carbocycles. The van der Waals surface area contributed by atoms with Gasteiger partial charge in [0.05, 0.1) is 0 Å². The molecule has 1 nitrogen and oxygen atoms in total. The van der Waals surface area contributed by atoms with Gasteiger partial charge in [-0.05, 0) is 37.5 Å². The zero-order valence-corrected chi connectivity index (χ0v) is 8.55. The summed E-state index contributed by atoms with van der Waals surface area (Å²) in [5, 5.41) is 0. The summed E-state index contributed by atoms with van der Waals surface area (Å²) in [4.78, 5) is 0. The Balaban J connectivity index is 2.32. The van der Waals surface area contributed by atoms with E-state index in [2.05, 4.69) is 13.8 Å². The molecule has 72 valence electrons. The van der Waals surface area contributed by atoms with Gasteiger partial charge in [-0.3, -0.25) is 0 Å². The molecule has 1 fully saturated rings. The van der Waals surface area contributed by atoms with Gasteiger partial charge in [0, 0.05) is 6.04 Å². The highest BCUT2D eigenvalue weighted by Gasteiger charge is 2.23. The van der Waals surface area contributed by atoms with Crippen molar-refractivity contribution in [3.05, 3.63) is 0 Å². The van der Waals surface area contributed by atoms with E-state index in [1.54, 1.807) is 0 Å². The molecule has 0 unspecified atom stereocenters. The van der Waals surface area contributed by atoms with Crippen LogP contribution in [0.4, 0.5) is 0 Å². The van der Waals surface area contributed by atoms with E-state index < -0.39 is 0 Å². The van der Waals surface area contributed by atoms with Crippen LogP contribution in [0.1, 0.15) is 52.4 Å². The Morgan fingerprint density at radius 3 is 2.00 bits per heavy atom. The highest BCUT2D eigenvalue weighted by Crippen LogP contribution is 2.32. The van der Waals surface area contributed by atoms with E-state index in [1.165, 1.54) is 38.5 Å². The first-order valence-electron chi connectivity index (χ1n) is 5.53. The molecule has 0 aromatic heterocycles. The quantitative estimate of drug-likeness (QED) is 0.690. The van der Waals surface area contributed by atoms with Crippen molar-refractivity contribution < 1.29 is 0 Å². The Bertz CT molecular complexity index is 110. The second kappa shape index (κ2) is 4.86. The summed E-state index contributed by atoms with van der Waals surface area (Å²) in [6.45, 7) is 4.64. The Hall–Kier alpha value is -0.0400. The summed E-state index contributed by atoms with van der Waals surface area (Å²) in [6, 6.07) is 0.510. The molecule has 0 aliphatic heterocycles. The van der Waals surface area contributed by atoms with Crippen LogP contribution >= 0.6 is 0 Å². The van der Waals surface area contributed by atoms with Crippen LogP contribution in [0.3, 0.4) is 0 Å². The predicted octanol–water partition coefficient (Wildman–Crippen LogP) is 2.94. The van der Waals surface area contributed by atoms with Gasteiger partial charge in [-0.15, -0.1) is 0 Å². The van der Waals surface area contributed by atoms with Gasteiger partial charge < -0.3 is 5.73 Å². The third kappa shape index (κ3) is 2.48. The van der Waals surface area contributed by atoms with Gasteiger partial charge in [0.25, 0.3) is 0 Å². The minimum atomic E-state index is 0.510. The molecule has 1 rings (SSSR count). The molecule has 0 bridgehead atoms. The molecule has 1 aliphatic rings. The van der Waals surface area contributed by atoms with Crippen LogP contribution in [0.15, 0.2) is 0 Å². The topological polar surface area (TPSA) is 26.0 Å². The molecule has 0 aromatic rings. The molecular formula is C11H23N. The monoisotopic (exact) mass is 169 g/mol. The lowest BCUT2D eigenvalue weighted by Crippen LogP contribution is -2.29. The van der Waals surface area contributed by atoms with Crippen molar-refractivity contribution in [1.29, 1.82) is 0 Å². The molecule has 0 amide bonds. The molecule has 0 saturated heterocycles. The van der Waals surface area contributed by atoms with E-state index in [0.29, 0.717) is 6.04 Å². The van der Waals surface area contributed by atoms with Crippen molar-refractivity contribution in [2.24, 2.45) is 17.6 Å². The van der Waals surface area contributed by atoms with Crippen LogP contribution in [-0.4, -0.2) is 6.04 Å². The van der Waals surface area contributed by atoms with Gasteiger partial charge in [0.2, 0.25) is 0 Å². The van der Waals surface area contributed by atoms with Crippen LogP contribution in [0.25, 0.3) is 0 Å². The predicted molar refractivity (Wildman–Crippen MR) is 54.0 cm³/mol. The Labute approximate surface area is 76.7 Å².